The van der Waals surface area contributed by atoms with E-state index in [0.717, 1.165) is 29.5 Å². The monoisotopic (exact) mass is 640 g/mol. The number of H-pyrrole nitrogens is 1. The van der Waals surface area contributed by atoms with Crippen LogP contribution in [0.15, 0.2) is 60.9 Å². The molecule has 1 atom stereocenters. The van der Waals surface area contributed by atoms with Crippen molar-refractivity contribution in [3.05, 3.63) is 66.5 Å². The lowest BCUT2D eigenvalue weighted by molar-refractivity contribution is -0.130. The largest absolute Gasteiger partial charge is 0.444 e. The van der Waals surface area contributed by atoms with E-state index < -0.39 is 23.6 Å². The maximum atomic E-state index is 14.1. The Hall–Kier alpha value is -5.24. The molecule has 0 saturated heterocycles. The van der Waals surface area contributed by atoms with Gasteiger partial charge in [-0.15, -0.1) is 10.2 Å². The number of benzene rings is 2. The number of amides is 3. The highest BCUT2D eigenvalue weighted by atomic mass is 16.6. The van der Waals surface area contributed by atoms with Crippen molar-refractivity contribution in [1.82, 2.24) is 35.9 Å². The fourth-order valence-electron chi connectivity index (χ4n) is 5.62. The van der Waals surface area contributed by atoms with Crippen molar-refractivity contribution in [3.8, 4) is 22.5 Å². The Kier molecular flexibility index (Phi) is 10.2. The molecule has 2 heterocycles. The lowest BCUT2D eigenvalue weighted by Gasteiger charge is -2.32. The number of tetrazole rings is 1. The van der Waals surface area contributed by atoms with E-state index in [2.05, 4.69) is 35.9 Å². The summed E-state index contributed by atoms with van der Waals surface area (Å²) in [5, 5.41) is 16.9. The minimum atomic E-state index is -0.997. The first-order chi connectivity index (χ1) is 22.5. The third-order valence-corrected chi connectivity index (χ3v) is 8.00. The van der Waals surface area contributed by atoms with E-state index in [1.165, 1.54) is 4.90 Å². The Morgan fingerprint density at radius 1 is 1.00 bits per heavy atom. The van der Waals surface area contributed by atoms with Crippen LogP contribution in [0.5, 0.6) is 0 Å². The van der Waals surface area contributed by atoms with Crippen LogP contribution >= 0.6 is 0 Å². The molecule has 14 heteroatoms. The summed E-state index contributed by atoms with van der Waals surface area (Å²) in [6, 6.07) is 13.4. The van der Waals surface area contributed by atoms with E-state index >= 15 is 0 Å². The van der Waals surface area contributed by atoms with Crippen molar-refractivity contribution in [2.24, 2.45) is 17.6 Å². The number of nitrogens with one attached hydrogen (secondary N) is 2. The number of rotatable bonds is 9. The number of anilines is 2. The third kappa shape index (κ3) is 8.73. The Morgan fingerprint density at radius 3 is 2.34 bits per heavy atom. The molecule has 246 valence electrons. The van der Waals surface area contributed by atoms with E-state index in [-0.39, 0.29) is 30.1 Å². The molecule has 6 N–H and O–H groups in total. The van der Waals surface area contributed by atoms with Gasteiger partial charge in [-0.2, -0.15) is 5.21 Å². The second-order valence-corrected chi connectivity index (χ2v) is 12.7. The van der Waals surface area contributed by atoms with E-state index in [0.29, 0.717) is 36.5 Å². The highest BCUT2D eigenvalue weighted by Gasteiger charge is 2.35. The number of nitrogen functional groups attached to an aromatic ring is 1. The quantitative estimate of drug-likeness (QED) is 0.207. The molecule has 4 aromatic rings. The number of nitrogens with two attached hydrogens (primary N) is 2. The SMILES string of the molecule is CC(C)(C)OC(=O)NCC1CCC(C(=O)N(C(=O)[C@@H](N)Cc2cccc(-c3cnc(N)nc3)c2)c2ccc(-c3nn[nH]n3)cc2)CC1. The average Bonchev–Trinajstić information content (AvgIpc) is 3.59. The van der Waals surface area contributed by atoms with Crippen molar-refractivity contribution in [2.45, 2.75) is 64.5 Å². The lowest BCUT2D eigenvalue weighted by atomic mass is 9.81. The number of aromatic amines is 1. The van der Waals surface area contributed by atoms with Gasteiger partial charge >= 0.3 is 6.09 Å². The summed E-state index contributed by atoms with van der Waals surface area (Å²) in [6.07, 6.45) is 5.60. The van der Waals surface area contributed by atoms with Crippen LogP contribution in [-0.4, -0.2) is 66.7 Å². The van der Waals surface area contributed by atoms with Gasteiger partial charge in [0.15, 0.2) is 0 Å². The van der Waals surface area contributed by atoms with E-state index in [1.807, 2.05) is 45.0 Å². The molecule has 2 aromatic heterocycles. The average molecular weight is 641 g/mol. The van der Waals surface area contributed by atoms with Gasteiger partial charge < -0.3 is 21.5 Å². The summed E-state index contributed by atoms with van der Waals surface area (Å²) in [5.41, 5.74) is 15.1. The standard InChI is InChI=1S/C33H40N10O4/c1-33(2,3)47-32(46)38-17-20-7-9-23(10-8-20)29(44)43(26-13-11-22(12-14-26)28-39-41-42-40-28)30(45)27(34)16-21-5-4-6-24(15-21)25-18-36-31(35)37-19-25/h4-6,11-15,18-20,23,27H,7-10,16-17,34H2,1-3H3,(H,38,46)(H2,35,36,37)(H,39,40,41,42)/t20?,23?,27-/m0/s1. The van der Waals surface area contributed by atoms with Gasteiger partial charge in [-0.25, -0.2) is 19.7 Å². The molecule has 0 radical (unpaired) electrons. The second-order valence-electron chi connectivity index (χ2n) is 12.7. The van der Waals surface area contributed by atoms with Crippen LogP contribution in [0.25, 0.3) is 22.5 Å². The number of carbonyl (C=O) groups is 3. The number of aromatic nitrogens is 6. The van der Waals surface area contributed by atoms with Crippen LogP contribution in [-0.2, 0) is 20.7 Å². The number of alkyl carbamates (subject to hydrolysis) is 1. The van der Waals surface area contributed by atoms with Gasteiger partial charge in [0.1, 0.15) is 5.60 Å². The Bertz CT molecular complexity index is 1660. The van der Waals surface area contributed by atoms with E-state index in [4.69, 9.17) is 16.2 Å². The lowest BCUT2D eigenvalue weighted by Crippen LogP contribution is -2.50. The van der Waals surface area contributed by atoms with Gasteiger partial charge in [-0.05, 0) is 99.4 Å². The number of hydrogen-bond acceptors (Lipinski definition) is 11. The smallest absolute Gasteiger partial charge is 0.407 e. The normalized spacial score (nSPS) is 17.0. The van der Waals surface area contributed by atoms with Crippen molar-refractivity contribution < 1.29 is 19.1 Å². The van der Waals surface area contributed by atoms with E-state index in [1.54, 1.807) is 36.7 Å². The van der Waals surface area contributed by atoms with Crippen molar-refractivity contribution >= 4 is 29.5 Å². The Morgan fingerprint density at radius 2 is 1.70 bits per heavy atom. The molecule has 1 aliphatic rings. The molecule has 1 fully saturated rings. The first-order valence-electron chi connectivity index (χ1n) is 15.6. The predicted octanol–water partition coefficient (Wildman–Crippen LogP) is 3.67. The molecule has 3 amide bonds. The number of carbonyl (C=O) groups excluding carboxylic acids is 3. The van der Waals surface area contributed by atoms with Crippen LogP contribution in [0.4, 0.5) is 16.4 Å². The summed E-state index contributed by atoms with van der Waals surface area (Å²) in [6.45, 7) is 5.91. The number of hydrogen-bond donors (Lipinski definition) is 4. The Balaban J connectivity index is 1.30. The zero-order valence-electron chi connectivity index (χ0n) is 26.7. The van der Waals surface area contributed by atoms with E-state index in [9.17, 15) is 14.4 Å². The molecule has 0 spiro atoms. The van der Waals surface area contributed by atoms with Crippen LogP contribution in [0.1, 0.15) is 52.0 Å². The molecule has 47 heavy (non-hydrogen) atoms. The second kappa shape index (κ2) is 14.5. The predicted molar refractivity (Wildman–Crippen MR) is 175 cm³/mol. The summed E-state index contributed by atoms with van der Waals surface area (Å²) < 4.78 is 5.34. The zero-order valence-corrected chi connectivity index (χ0v) is 26.7. The van der Waals surface area contributed by atoms with Crippen LogP contribution in [0, 0.1) is 11.8 Å². The number of nitrogens with zero attached hydrogens (tertiary/aromatic N) is 6. The summed E-state index contributed by atoms with van der Waals surface area (Å²) in [4.78, 5) is 49.6. The van der Waals surface area contributed by atoms with Crippen LogP contribution < -0.4 is 21.7 Å². The fraction of sp³-hybridized carbons (Fsp3) is 0.394. The minimum absolute atomic E-state index is 0.179. The number of ether oxygens (including phenoxy) is 1. The molecular weight excluding hydrogens is 600 g/mol. The van der Waals surface area contributed by atoms with Gasteiger partial charge in [0.05, 0.1) is 11.7 Å². The maximum absolute atomic E-state index is 14.1. The van der Waals surface area contributed by atoms with Gasteiger partial charge in [0.25, 0.3) is 5.91 Å². The first kappa shape index (κ1) is 33.1. The molecule has 0 unspecified atom stereocenters. The highest BCUT2D eigenvalue weighted by Crippen LogP contribution is 2.32. The molecule has 0 bridgehead atoms. The maximum Gasteiger partial charge on any atom is 0.407 e. The molecule has 2 aromatic carbocycles. The zero-order chi connectivity index (χ0) is 33.6. The molecule has 5 rings (SSSR count). The molecular formula is C33H40N10O4. The topological polar surface area (TPSA) is 208 Å². The van der Waals surface area contributed by atoms with Gasteiger partial charge in [0, 0.05) is 36.0 Å². The van der Waals surface area contributed by atoms with Crippen LogP contribution in [0.3, 0.4) is 0 Å². The van der Waals surface area contributed by atoms with Crippen LogP contribution in [0.2, 0.25) is 0 Å². The summed E-state index contributed by atoms with van der Waals surface area (Å²) in [7, 11) is 0. The van der Waals surface area contributed by atoms with Crippen molar-refractivity contribution in [2.75, 3.05) is 17.2 Å². The Labute approximate surface area is 272 Å². The molecule has 0 aliphatic heterocycles. The van der Waals surface area contributed by atoms with Gasteiger partial charge in [-0.3, -0.25) is 9.59 Å². The summed E-state index contributed by atoms with van der Waals surface area (Å²) in [5.74, 6) is -0.414. The minimum Gasteiger partial charge on any atom is -0.444 e. The highest BCUT2D eigenvalue weighted by molar-refractivity contribution is 6.17. The molecule has 1 saturated carbocycles. The fourth-order valence-corrected chi connectivity index (χ4v) is 5.62. The first-order valence-corrected chi connectivity index (χ1v) is 15.6. The number of imide groups is 1. The van der Waals surface area contributed by atoms with Gasteiger partial charge in [-0.1, -0.05) is 24.3 Å². The molecule has 1 aliphatic carbocycles. The third-order valence-electron chi connectivity index (χ3n) is 8.00. The van der Waals surface area contributed by atoms with Crippen molar-refractivity contribution in [3.63, 3.8) is 0 Å². The van der Waals surface area contributed by atoms with Crippen molar-refractivity contribution in [1.29, 1.82) is 0 Å². The van der Waals surface area contributed by atoms with Gasteiger partial charge in [0.2, 0.25) is 17.7 Å². The summed E-state index contributed by atoms with van der Waals surface area (Å²) >= 11 is 0. The molecule has 14 nitrogen and oxygen atoms in total.